The number of anilines is 1. The molecule has 0 aliphatic carbocycles. The number of primary amides is 1. The summed E-state index contributed by atoms with van der Waals surface area (Å²) < 4.78 is 4.92. The fourth-order valence-corrected chi connectivity index (χ4v) is 3.79. The van der Waals surface area contributed by atoms with E-state index in [-0.39, 0.29) is 18.2 Å². The number of nitrogens with zero attached hydrogens (tertiary/aromatic N) is 1. The Morgan fingerprint density at radius 2 is 2.15 bits per heavy atom. The first-order valence-electron chi connectivity index (χ1n) is 8.99. The lowest BCUT2D eigenvalue weighted by atomic mass is 10.1. The second kappa shape index (κ2) is 9.75. The van der Waals surface area contributed by atoms with Crippen LogP contribution in [-0.4, -0.2) is 49.8 Å². The van der Waals surface area contributed by atoms with Crippen LogP contribution in [0.25, 0.3) is 0 Å². The number of methoxy groups -OCH3 is 1. The van der Waals surface area contributed by atoms with Crippen molar-refractivity contribution in [1.82, 2.24) is 5.32 Å². The van der Waals surface area contributed by atoms with Crippen molar-refractivity contribution in [2.45, 2.75) is 37.6 Å². The Balaban J connectivity index is 2.30. The third-order valence-corrected chi connectivity index (χ3v) is 5.46. The highest BCUT2D eigenvalue weighted by molar-refractivity contribution is 7.99. The van der Waals surface area contributed by atoms with E-state index in [0.29, 0.717) is 36.1 Å². The van der Waals surface area contributed by atoms with Gasteiger partial charge in [0.05, 0.1) is 12.3 Å². The third kappa shape index (κ3) is 5.71. The molecule has 0 bridgehead atoms. The zero-order valence-electron chi connectivity index (χ0n) is 16.0. The SMILES string of the molecule is COCCC(=O)N[C@H]1CSc2ccc(C(N)=O)cc2N(CCC(C)C)C1=O. The fraction of sp³-hybridized carbons (Fsp3) is 0.526. The van der Waals surface area contributed by atoms with E-state index in [1.54, 1.807) is 17.0 Å². The minimum Gasteiger partial charge on any atom is -0.384 e. The molecule has 1 aromatic carbocycles. The average molecular weight is 394 g/mol. The quantitative estimate of drug-likeness (QED) is 0.701. The van der Waals surface area contributed by atoms with Crippen LogP contribution in [0.15, 0.2) is 23.1 Å². The average Bonchev–Trinajstić information content (AvgIpc) is 2.75. The number of hydrogen-bond acceptors (Lipinski definition) is 5. The number of nitrogens with two attached hydrogens (primary N) is 1. The lowest BCUT2D eigenvalue weighted by molar-refractivity contribution is -0.127. The number of hydrogen-bond donors (Lipinski definition) is 2. The smallest absolute Gasteiger partial charge is 0.250 e. The van der Waals surface area contributed by atoms with Crippen molar-refractivity contribution in [1.29, 1.82) is 0 Å². The molecule has 2 rings (SSSR count). The van der Waals surface area contributed by atoms with Crippen LogP contribution in [-0.2, 0) is 14.3 Å². The fourth-order valence-electron chi connectivity index (χ4n) is 2.74. The largest absolute Gasteiger partial charge is 0.384 e. The van der Waals surface area contributed by atoms with Gasteiger partial charge in [0.1, 0.15) is 6.04 Å². The van der Waals surface area contributed by atoms with Crippen molar-refractivity contribution in [2.24, 2.45) is 11.7 Å². The zero-order chi connectivity index (χ0) is 20.0. The number of carbonyl (C=O) groups is 3. The highest BCUT2D eigenvalue weighted by atomic mass is 32.2. The molecule has 0 spiro atoms. The van der Waals surface area contributed by atoms with Crippen molar-refractivity contribution in [3.05, 3.63) is 23.8 Å². The van der Waals surface area contributed by atoms with E-state index in [1.807, 2.05) is 6.07 Å². The molecule has 1 aromatic rings. The maximum atomic E-state index is 13.2. The van der Waals surface area contributed by atoms with Gasteiger partial charge in [0, 0.05) is 36.3 Å². The molecule has 7 nitrogen and oxygen atoms in total. The molecule has 3 amide bonds. The molecule has 0 fully saturated rings. The second-order valence-electron chi connectivity index (χ2n) is 6.89. The number of amides is 3. The molecule has 8 heteroatoms. The molecule has 0 radical (unpaired) electrons. The number of rotatable bonds is 8. The number of ether oxygens (including phenoxy) is 1. The van der Waals surface area contributed by atoms with Crippen LogP contribution in [0.4, 0.5) is 5.69 Å². The Labute approximate surface area is 164 Å². The molecule has 3 N–H and O–H groups in total. The summed E-state index contributed by atoms with van der Waals surface area (Å²) in [6, 6.07) is 4.51. The zero-order valence-corrected chi connectivity index (χ0v) is 16.8. The van der Waals surface area contributed by atoms with Gasteiger partial charge in [-0.25, -0.2) is 0 Å². The van der Waals surface area contributed by atoms with E-state index in [1.165, 1.54) is 18.9 Å². The summed E-state index contributed by atoms with van der Waals surface area (Å²) >= 11 is 1.49. The van der Waals surface area contributed by atoms with Gasteiger partial charge in [0.2, 0.25) is 17.7 Å². The Kier molecular flexibility index (Phi) is 7.67. The predicted molar refractivity (Wildman–Crippen MR) is 106 cm³/mol. The van der Waals surface area contributed by atoms with Crippen LogP contribution in [0.2, 0.25) is 0 Å². The molecule has 0 saturated heterocycles. The maximum absolute atomic E-state index is 13.2. The topological polar surface area (TPSA) is 102 Å². The van der Waals surface area contributed by atoms with Crippen LogP contribution >= 0.6 is 11.8 Å². The molecule has 27 heavy (non-hydrogen) atoms. The number of benzene rings is 1. The molecule has 0 saturated carbocycles. The molecular weight excluding hydrogens is 366 g/mol. The summed E-state index contributed by atoms with van der Waals surface area (Å²) in [6.45, 7) is 4.99. The van der Waals surface area contributed by atoms with Crippen molar-refractivity contribution in [3.8, 4) is 0 Å². The standard InChI is InChI=1S/C19H27N3O4S/c1-12(2)6-8-22-15-10-13(18(20)24)4-5-16(15)27-11-14(19(22)25)21-17(23)7-9-26-3/h4-5,10,12,14H,6-9,11H2,1-3H3,(H2,20,24)(H,21,23)/t14-/m0/s1. The van der Waals surface area contributed by atoms with Crippen LogP contribution in [0, 0.1) is 5.92 Å². The van der Waals surface area contributed by atoms with Gasteiger partial charge >= 0.3 is 0 Å². The first kappa shape index (κ1) is 21.2. The first-order chi connectivity index (χ1) is 12.8. The molecule has 1 aliphatic heterocycles. The van der Waals surface area contributed by atoms with E-state index >= 15 is 0 Å². The van der Waals surface area contributed by atoms with E-state index < -0.39 is 11.9 Å². The van der Waals surface area contributed by atoms with Gasteiger partial charge in [-0.2, -0.15) is 0 Å². The van der Waals surface area contributed by atoms with Crippen molar-refractivity contribution < 1.29 is 19.1 Å². The predicted octanol–water partition coefficient (Wildman–Crippen LogP) is 1.79. The number of carbonyl (C=O) groups excluding carboxylic acids is 3. The van der Waals surface area contributed by atoms with Crippen molar-refractivity contribution in [3.63, 3.8) is 0 Å². The highest BCUT2D eigenvalue weighted by Crippen LogP contribution is 2.35. The molecule has 148 valence electrons. The number of thioether (sulfide) groups is 1. The summed E-state index contributed by atoms with van der Waals surface area (Å²) in [5.74, 6) is -0.0878. The molecular formula is C19H27N3O4S. The van der Waals surface area contributed by atoms with Gasteiger partial charge < -0.3 is 20.7 Å². The monoisotopic (exact) mass is 393 g/mol. The third-order valence-electron chi connectivity index (χ3n) is 4.30. The minimum absolute atomic E-state index is 0.172. The van der Waals surface area contributed by atoms with Gasteiger partial charge in [-0.1, -0.05) is 13.8 Å². The Morgan fingerprint density at radius 1 is 1.41 bits per heavy atom. The van der Waals surface area contributed by atoms with Gasteiger partial charge in [0.25, 0.3) is 0 Å². The summed E-state index contributed by atoms with van der Waals surface area (Å²) in [5, 5.41) is 2.81. The number of nitrogens with one attached hydrogen (secondary N) is 1. The maximum Gasteiger partial charge on any atom is 0.250 e. The van der Waals surface area contributed by atoms with Crippen molar-refractivity contribution in [2.75, 3.05) is 30.9 Å². The van der Waals surface area contributed by atoms with E-state index in [2.05, 4.69) is 19.2 Å². The van der Waals surface area contributed by atoms with E-state index in [9.17, 15) is 14.4 Å². The van der Waals surface area contributed by atoms with Gasteiger partial charge in [-0.05, 0) is 30.5 Å². The summed E-state index contributed by atoms with van der Waals surface area (Å²) in [5.41, 5.74) is 6.45. The van der Waals surface area contributed by atoms with Crippen LogP contribution in [0.3, 0.4) is 0 Å². The Bertz CT molecular complexity index is 708. The normalized spacial score (nSPS) is 16.8. The molecule has 1 aliphatic rings. The van der Waals surface area contributed by atoms with Crippen molar-refractivity contribution >= 4 is 35.2 Å². The van der Waals surface area contributed by atoms with Crippen LogP contribution in [0.1, 0.15) is 37.0 Å². The second-order valence-corrected chi connectivity index (χ2v) is 7.95. The Hall–Kier alpha value is -2.06. The summed E-state index contributed by atoms with van der Waals surface area (Å²) in [4.78, 5) is 39.4. The molecule has 0 unspecified atom stereocenters. The van der Waals surface area contributed by atoms with Crippen LogP contribution < -0.4 is 16.0 Å². The lowest BCUT2D eigenvalue weighted by Gasteiger charge is -2.27. The minimum atomic E-state index is -0.629. The molecule has 0 aromatic heterocycles. The van der Waals surface area contributed by atoms with E-state index in [0.717, 1.165) is 11.3 Å². The van der Waals surface area contributed by atoms with Crippen LogP contribution in [0.5, 0.6) is 0 Å². The highest BCUT2D eigenvalue weighted by Gasteiger charge is 2.32. The summed E-state index contributed by atoms with van der Waals surface area (Å²) in [7, 11) is 1.53. The molecule has 1 atom stereocenters. The van der Waals surface area contributed by atoms with Gasteiger partial charge in [0.15, 0.2) is 0 Å². The Morgan fingerprint density at radius 3 is 2.78 bits per heavy atom. The lowest BCUT2D eigenvalue weighted by Crippen LogP contribution is -2.50. The van der Waals surface area contributed by atoms with Gasteiger partial charge in [-0.3, -0.25) is 14.4 Å². The summed E-state index contributed by atoms with van der Waals surface area (Å²) in [6.07, 6.45) is 1.01. The van der Waals surface area contributed by atoms with E-state index in [4.69, 9.17) is 10.5 Å². The first-order valence-corrected chi connectivity index (χ1v) is 9.98. The number of fused-ring (bicyclic) bond motifs is 1. The molecule has 1 heterocycles. The van der Waals surface area contributed by atoms with Gasteiger partial charge in [-0.15, -0.1) is 11.8 Å².